The Morgan fingerprint density at radius 2 is 0.838 bits per heavy atom. The highest BCUT2D eigenvalue weighted by Gasteiger charge is 2.53. The van der Waals surface area contributed by atoms with E-state index in [2.05, 4.69) is 79.9 Å². The van der Waals surface area contributed by atoms with Crippen LogP contribution in [0.1, 0.15) is 174 Å². The molecule has 0 aliphatic carbocycles. The zero-order valence-corrected chi connectivity index (χ0v) is 48.0. The van der Waals surface area contributed by atoms with Crippen molar-refractivity contribution in [2.75, 3.05) is 26.4 Å². The van der Waals surface area contributed by atoms with E-state index in [0.29, 0.717) is 12.8 Å². The minimum atomic E-state index is -1.99. The maximum Gasteiger partial charge on any atom is 0.220 e. The molecule has 0 radical (unpaired) electrons. The Labute approximate surface area is 477 Å². The summed E-state index contributed by atoms with van der Waals surface area (Å²) in [6.45, 7) is 1.62. The monoisotopic (exact) mass is 1140 g/mol. The third kappa shape index (κ3) is 27.3. The molecule has 3 rings (SSSR count). The molecule has 1 amide bonds. The lowest BCUT2D eigenvalue weighted by molar-refractivity contribution is -0.379. The van der Waals surface area contributed by atoms with Crippen molar-refractivity contribution in [3.05, 3.63) is 72.9 Å². The summed E-state index contributed by atoms with van der Waals surface area (Å²) in [7, 11) is 0. The Morgan fingerprint density at radius 3 is 1.36 bits per heavy atom. The van der Waals surface area contributed by atoms with Gasteiger partial charge in [-0.1, -0.05) is 157 Å². The van der Waals surface area contributed by atoms with E-state index in [9.17, 15) is 61.0 Å². The van der Waals surface area contributed by atoms with Crippen molar-refractivity contribution in [1.82, 2.24) is 5.32 Å². The minimum absolute atomic E-state index is 0.214. The summed E-state index contributed by atoms with van der Waals surface area (Å²) in [5.41, 5.74) is 0. The number of nitrogens with one attached hydrogen (secondary N) is 1. The lowest BCUT2D eigenvalue weighted by atomic mass is 9.96. The smallest absolute Gasteiger partial charge is 0.220 e. The van der Waals surface area contributed by atoms with Crippen LogP contribution in [0.5, 0.6) is 0 Å². The molecule has 19 heteroatoms. The van der Waals surface area contributed by atoms with E-state index < -0.39 is 124 Å². The minimum Gasteiger partial charge on any atom is -0.394 e. The average Bonchev–Trinajstić information content (AvgIpc) is 3.50. The highest BCUT2D eigenvalue weighted by atomic mass is 16.8. The number of carbonyl (C=O) groups excluding carboxylic acids is 1. The van der Waals surface area contributed by atoms with Gasteiger partial charge in [-0.3, -0.25) is 4.79 Å². The number of hydrogen-bond acceptors (Lipinski definition) is 18. The van der Waals surface area contributed by atoms with Crippen LogP contribution in [0.4, 0.5) is 0 Å². The third-order valence-corrected chi connectivity index (χ3v) is 14.7. The third-order valence-electron chi connectivity index (χ3n) is 14.7. The van der Waals surface area contributed by atoms with Gasteiger partial charge in [0.2, 0.25) is 5.91 Å². The standard InChI is InChI=1S/C61H105NO18/c1-3-5-7-9-11-13-15-17-19-21-22-23-25-27-29-31-33-35-37-39-49(67)62-44(45(66)38-36-34-32-30-28-26-24-20-18-16-14-12-10-8-6-4-2)43-75-59-55(73)52(70)57(47(41-64)77-59)80-61-56(74)53(71)58(48(42-65)78-61)79-60-54(72)51(69)50(68)46(40-63)76-60/h11,13,17-20,22-23,28,30,36,38,44-48,50-61,63-66,68-74H,3-10,12,14-16,21,24-27,29,31-35,37,39-43H2,1-2H3,(H,62,67)/b13-11-,19-17-,20-18+,23-22-,30-28+,38-36+. The van der Waals surface area contributed by atoms with Gasteiger partial charge in [0.1, 0.15) is 73.2 Å². The number of hydrogen-bond donors (Lipinski definition) is 12. The first-order valence-electron chi connectivity index (χ1n) is 30.2. The molecule has 0 aromatic heterocycles. The van der Waals surface area contributed by atoms with Gasteiger partial charge in [-0.05, 0) is 83.5 Å². The molecule has 80 heavy (non-hydrogen) atoms. The quantitative estimate of drug-likeness (QED) is 0.0268. The normalized spacial score (nSPS) is 30.5. The molecule has 0 spiro atoms. The average molecular weight is 1140 g/mol. The summed E-state index contributed by atoms with van der Waals surface area (Å²) < 4.78 is 34.2. The molecule has 3 saturated heterocycles. The van der Waals surface area contributed by atoms with Crippen LogP contribution in [0, 0.1) is 0 Å². The van der Waals surface area contributed by atoms with E-state index in [4.69, 9.17) is 28.4 Å². The van der Waals surface area contributed by atoms with Crippen molar-refractivity contribution in [2.24, 2.45) is 0 Å². The van der Waals surface area contributed by atoms with E-state index >= 15 is 0 Å². The number of allylic oxidation sites excluding steroid dienone is 11. The van der Waals surface area contributed by atoms with Crippen LogP contribution >= 0.6 is 0 Å². The number of aliphatic hydroxyl groups is 11. The van der Waals surface area contributed by atoms with Crippen LogP contribution in [0.2, 0.25) is 0 Å². The Balaban J connectivity index is 1.53. The van der Waals surface area contributed by atoms with Gasteiger partial charge in [-0.25, -0.2) is 0 Å². The van der Waals surface area contributed by atoms with Crippen molar-refractivity contribution in [3.8, 4) is 0 Å². The summed E-state index contributed by atoms with van der Waals surface area (Å²) in [5.74, 6) is -0.306. The Kier molecular flexibility index (Phi) is 39.2. The molecule has 12 N–H and O–H groups in total. The molecule has 0 aromatic rings. The van der Waals surface area contributed by atoms with Crippen LogP contribution in [0.25, 0.3) is 0 Å². The Hall–Kier alpha value is -2.77. The Bertz CT molecular complexity index is 1740. The number of aliphatic hydroxyl groups excluding tert-OH is 11. The number of amides is 1. The van der Waals surface area contributed by atoms with Crippen molar-refractivity contribution < 1.29 is 89.4 Å². The van der Waals surface area contributed by atoms with Gasteiger partial charge in [0.05, 0.1) is 38.6 Å². The molecule has 3 heterocycles. The molecule has 17 atom stereocenters. The van der Waals surface area contributed by atoms with Crippen LogP contribution in [-0.2, 0) is 33.2 Å². The highest BCUT2D eigenvalue weighted by molar-refractivity contribution is 5.76. The molecule has 0 saturated carbocycles. The fourth-order valence-electron chi connectivity index (χ4n) is 9.70. The second-order valence-electron chi connectivity index (χ2n) is 21.4. The van der Waals surface area contributed by atoms with Crippen molar-refractivity contribution in [1.29, 1.82) is 0 Å². The summed E-state index contributed by atoms with van der Waals surface area (Å²) in [4.78, 5) is 13.3. The maximum absolute atomic E-state index is 13.3. The fraction of sp³-hybridized carbons (Fsp3) is 0.787. The maximum atomic E-state index is 13.3. The van der Waals surface area contributed by atoms with E-state index in [1.807, 2.05) is 6.08 Å². The van der Waals surface area contributed by atoms with Crippen LogP contribution in [0.3, 0.4) is 0 Å². The van der Waals surface area contributed by atoms with Gasteiger partial charge in [0, 0.05) is 6.42 Å². The largest absolute Gasteiger partial charge is 0.394 e. The SMILES string of the molecule is CCCCC/C=C\C/C=C\C/C=C\CCCCCCCCC(=O)NC(COC1OC(CO)C(OC2OC(CO)C(OC3OC(CO)C(O)C(O)C3O)C(O)C2O)C(O)C1O)C(O)/C=C/CC/C=C/CC/C=C/CCCCCCCC. The molecule has 3 aliphatic rings. The van der Waals surface area contributed by atoms with E-state index in [0.717, 1.165) is 83.5 Å². The summed E-state index contributed by atoms with van der Waals surface area (Å²) in [6.07, 6.45) is 24.5. The summed E-state index contributed by atoms with van der Waals surface area (Å²) in [5, 5.41) is 120. The molecule has 3 fully saturated rings. The number of unbranched alkanes of at least 4 members (excludes halogenated alkanes) is 17. The van der Waals surface area contributed by atoms with Gasteiger partial charge in [-0.2, -0.15) is 0 Å². The topological polar surface area (TPSA) is 307 Å². The van der Waals surface area contributed by atoms with E-state index in [1.165, 1.54) is 57.8 Å². The van der Waals surface area contributed by atoms with Crippen molar-refractivity contribution in [3.63, 3.8) is 0 Å². The lowest BCUT2D eigenvalue weighted by Gasteiger charge is -2.48. The van der Waals surface area contributed by atoms with Crippen LogP contribution in [0.15, 0.2) is 72.9 Å². The Morgan fingerprint density at radius 1 is 0.450 bits per heavy atom. The van der Waals surface area contributed by atoms with Gasteiger partial charge >= 0.3 is 0 Å². The molecule has 19 nitrogen and oxygen atoms in total. The summed E-state index contributed by atoms with van der Waals surface area (Å²) in [6, 6.07) is -1.01. The highest BCUT2D eigenvalue weighted by Crippen LogP contribution is 2.33. The summed E-state index contributed by atoms with van der Waals surface area (Å²) >= 11 is 0. The second kappa shape index (κ2) is 43.8. The van der Waals surface area contributed by atoms with Crippen molar-refractivity contribution in [2.45, 2.75) is 279 Å². The molecule has 0 bridgehead atoms. The van der Waals surface area contributed by atoms with Gasteiger partial charge in [0.25, 0.3) is 0 Å². The first-order valence-corrected chi connectivity index (χ1v) is 30.2. The number of carbonyl (C=O) groups is 1. The van der Waals surface area contributed by atoms with E-state index in [1.54, 1.807) is 6.08 Å². The molecular formula is C61H105NO18. The molecule has 3 aliphatic heterocycles. The van der Waals surface area contributed by atoms with Gasteiger partial charge in [-0.15, -0.1) is 0 Å². The predicted octanol–water partition coefficient (Wildman–Crippen LogP) is 5.43. The molecular weight excluding hydrogens is 1030 g/mol. The first-order chi connectivity index (χ1) is 38.8. The predicted molar refractivity (Wildman–Crippen MR) is 305 cm³/mol. The fourth-order valence-corrected chi connectivity index (χ4v) is 9.70. The number of rotatable bonds is 43. The molecule has 462 valence electrons. The van der Waals surface area contributed by atoms with Gasteiger partial charge < -0.3 is 89.9 Å². The molecule has 0 aromatic carbocycles. The zero-order valence-electron chi connectivity index (χ0n) is 48.0. The molecule has 17 unspecified atom stereocenters. The zero-order chi connectivity index (χ0) is 58.3. The lowest BCUT2D eigenvalue weighted by Crippen LogP contribution is -2.66. The van der Waals surface area contributed by atoms with Crippen molar-refractivity contribution >= 4 is 5.91 Å². The van der Waals surface area contributed by atoms with E-state index in [-0.39, 0.29) is 18.9 Å². The van der Waals surface area contributed by atoms with Crippen LogP contribution < -0.4 is 5.32 Å². The first kappa shape index (κ1) is 71.5. The number of ether oxygens (including phenoxy) is 6. The second-order valence-corrected chi connectivity index (χ2v) is 21.4. The van der Waals surface area contributed by atoms with Crippen LogP contribution in [-0.4, -0.2) is 193 Å². The van der Waals surface area contributed by atoms with Gasteiger partial charge in [0.15, 0.2) is 18.9 Å².